The van der Waals surface area contributed by atoms with Gasteiger partial charge >= 0.3 is 0 Å². The van der Waals surface area contributed by atoms with Gasteiger partial charge in [-0.05, 0) is 111 Å². The maximum atomic E-state index is 7.06. The third-order valence-corrected chi connectivity index (χ3v) is 9.55. The molecule has 0 saturated carbocycles. The first-order valence-electron chi connectivity index (χ1n) is 15.1. The van der Waals surface area contributed by atoms with E-state index in [4.69, 9.17) is 28.8 Å². The SMILES string of the molecule is Cc1cc([C@@H]2[C@@H](c3ccccn3)NC(=S)N2c2ccc(N3C[C@H](C)C[C@H](C)C3)c(Cl)c2)c(C)n1-c1ccc(N(C)C)cc1. The third-order valence-electron chi connectivity index (χ3n) is 8.93. The van der Waals surface area contributed by atoms with Gasteiger partial charge in [0.15, 0.2) is 5.11 Å². The van der Waals surface area contributed by atoms with Gasteiger partial charge in [0, 0.05) is 61.8 Å². The van der Waals surface area contributed by atoms with E-state index in [1.54, 1.807) is 0 Å². The molecule has 0 spiro atoms. The van der Waals surface area contributed by atoms with Crippen molar-refractivity contribution in [3.05, 3.63) is 101 Å². The smallest absolute Gasteiger partial charge is 0.174 e. The monoisotopic (exact) mass is 612 g/mol. The lowest BCUT2D eigenvalue weighted by atomic mass is 9.91. The molecule has 6 nitrogen and oxygen atoms in total. The fourth-order valence-electron chi connectivity index (χ4n) is 7.09. The predicted molar refractivity (Wildman–Crippen MR) is 184 cm³/mol. The van der Waals surface area contributed by atoms with Gasteiger partial charge in [0.05, 0.1) is 28.5 Å². The highest BCUT2D eigenvalue weighted by atomic mass is 35.5. The van der Waals surface area contributed by atoms with Crippen LogP contribution in [-0.2, 0) is 0 Å². The van der Waals surface area contributed by atoms with Crippen LogP contribution in [0.3, 0.4) is 0 Å². The zero-order chi connectivity index (χ0) is 30.4. The number of benzene rings is 2. The number of pyridine rings is 1. The van der Waals surface area contributed by atoms with E-state index in [0.717, 1.165) is 40.9 Å². The number of thiocarbonyl (C=S) groups is 1. The van der Waals surface area contributed by atoms with Crippen LogP contribution in [0.1, 0.15) is 55.0 Å². The van der Waals surface area contributed by atoms with E-state index in [9.17, 15) is 0 Å². The molecule has 0 unspecified atom stereocenters. The first-order chi connectivity index (χ1) is 20.6. The van der Waals surface area contributed by atoms with Crippen molar-refractivity contribution in [3.8, 4) is 5.69 Å². The van der Waals surface area contributed by atoms with Gasteiger partial charge < -0.3 is 24.6 Å². The van der Waals surface area contributed by atoms with E-state index in [1.165, 1.54) is 29.1 Å². The molecule has 2 fully saturated rings. The number of aromatic nitrogens is 2. The maximum Gasteiger partial charge on any atom is 0.174 e. The fourth-order valence-corrected chi connectivity index (χ4v) is 7.74. The first kappa shape index (κ1) is 29.5. The van der Waals surface area contributed by atoms with Gasteiger partial charge in [0.1, 0.15) is 0 Å². The van der Waals surface area contributed by atoms with E-state index >= 15 is 0 Å². The van der Waals surface area contributed by atoms with Gasteiger partial charge in [-0.2, -0.15) is 0 Å². The summed E-state index contributed by atoms with van der Waals surface area (Å²) in [6, 6.07) is 23.3. The van der Waals surface area contributed by atoms with Gasteiger partial charge in [-0.25, -0.2) is 0 Å². The Bertz CT molecular complexity index is 1610. The molecule has 2 saturated heterocycles. The lowest BCUT2D eigenvalue weighted by Gasteiger charge is -2.37. The molecule has 4 aromatic rings. The summed E-state index contributed by atoms with van der Waals surface area (Å²) in [6.07, 6.45) is 3.11. The fraction of sp³-hybridized carbons (Fsp3) is 0.371. The van der Waals surface area contributed by atoms with E-state index in [1.807, 2.05) is 18.3 Å². The molecule has 2 aromatic heterocycles. The Hall–Kier alpha value is -3.55. The average Bonchev–Trinajstić information content (AvgIpc) is 3.47. The lowest BCUT2D eigenvalue weighted by Crippen LogP contribution is -2.38. The molecular formula is C35H41ClN6S. The maximum absolute atomic E-state index is 7.06. The number of aryl methyl sites for hydroxylation is 1. The minimum absolute atomic E-state index is 0.111. The molecule has 0 bridgehead atoms. The van der Waals surface area contributed by atoms with E-state index in [-0.39, 0.29) is 12.1 Å². The topological polar surface area (TPSA) is 39.6 Å². The summed E-state index contributed by atoms with van der Waals surface area (Å²) in [5.41, 5.74) is 8.89. The molecule has 6 rings (SSSR count). The number of hydrogen-bond donors (Lipinski definition) is 1. The third kappa shape index (κ3) is 5.61. The molecule has 2 aromatic carbocycles. The van der Waals surface area contributed by atoms with Crippen LogP contribution < -0.4 is 20.0 Å². The second-order valence-corrected chi connectivity index (χ2v) is 13.3. The number of nitrogens with one attached hydrogen (secondary N) is 1. The molecule has 1 N–H and O–H groups in total. The molecule has 43 heavy (non-hydrogen) atoms. The van der Waals surface area contributed by atoms with E-state index < -0.39 is 0 Å². The zero-order valence-corrected chi connectivity index (χ0v) is 27.5. The van der Waals surface area contributed by atoms with Gasteiger partial charge in [-0.3, -0.25) is 4.98 Å². The van der Waals surface area contributed by atoms with Crippen molar-refractivity contribution in [2.45, 2.75) is 46.2 Å². The normalized spacial score (nSPS) is 22.2. The number of nitrogens with zero attached hydrogens (tertiary/aromatic N) is 5. The van der Waals surface area contributed by atoms with E-state index in [0.29, 0.717) is 16.9 Å². The van der Waals surface area contributed by atoms with Crippen LogP contribution in [0, 0.1) is 25.7 Å². The Balaban J connectivity index is 1.42. The van der Waals surface area contributed by atoms with Crippen LogP contribution in [-0.4, -0.2) is 41.8 Å². The number of piperidine rings is 1. The number of hydrogen-bond acceptors (Lipinski definition) is 4. The Morgan fingerprint density at radius 2 is 1.63 bits per heavy atom. The number of rotatable bonds is 6. The summed E-state index contributed by atoms with van der Waals surface area (Å²) < 4.78 is 2.33. The summed E-state index contributed by atoms with van der Waals surface area (Å²) >= 11 is 13.1. The van der Waals surface area contributed by atoms with E-state index in [2.05, 4.69) is 121 Å². The minimum atomic E-state index is -0.124. The Morgan fingerprint density at radius 1 is 0.930 bits per heavy atom. The second kappa shape index (κ2) is 11.9. The number of anilines is 3. The standard InChI is InChI=1S/C35H41ClN6S/c1-22-17-23(2)21-40(20-22)32-15-14-28(19-30(32)36)42-34(33(38-35(42)43)31-9-7-8-16-37-31)29-18-24(3)41(25(29)4)27-12-10-26(11-13-27)39(5)6/h7-16,18-19,22-23,33-34H,17,20-21H2,1-6H3,(H,38,43)/t22-,23+,33-,34-/m1/s1. The van der Waals surface area contributed by atoms with Crippen LogP contribution in [0.2, 0.25) is 5.02 Å². The van der Waals surface area contributed by atoms with Crippen LogP contribution in [0.4, 0.5) is 17.1 Å². The molecule has 0 radical (unpaired) electrons. The van der Waals surface area contributed by atoms with Crippen molar-refractivity contribution in [2.24, 2.45) is 11.8 Å². The molecule has 0 amide bonds. The van der Waals surface area contributed by atoms with Crippen LogP contribution in [0.5, 0.6) is 0 Å². The minimum Gasteiger partial charge on any atom is -0.378 e. The molecule has 0 aliphatic carbocycles. The van der Waals surface area contributed by atoms with Crippen molar-refractivity contribution >= 4 is 46.0 Å². The molecule has 8 heteroatoms. The quantitative estimate of drug-likeness (QED) is 0.223. The van der Waals surface area contributed by atoms with Crippen molar-refractivity contribution in [1.29, 1.82) is 0 Å². The lowest BCUT2D eigenvalue weighted by molar-refractivity contribution is 0.357. The Morgan fingerprint density at radius 3 is 2.26 bits per heavy atom. The predicted octanol–water partition coefficient (Wildman–Crippen LogP) is 7.87. The second-order valence-electron chi connectivity index (χ2n) is 12.6. The van der Waals surface area contributed by atoms with Gasteiger partial charge in [-0.15, -0.1) is 0 Å². The highest BCUT2D eigenvalue weighted by Crippen LogP contribution is 2.45. The first-order valence-corrected chi connectivity index (χ1v) is 15.9. The molecule has 2 aliphatic heterocycles. The van der Waals surface area contributed by atoms with Crippen LogP contribution >= 0.6 is 23.8 Å². The summed E-state index contributed by atoms with van der Waals surface area (Å²) in [4.78, 5) is 11.5. The highest BCUT2D eigenvalue weighted by molar-refractivity contribution is 7.80. The number of halogens is 1. The van der Waals surface area contributed by atoms with Crippen LogP contribution in [0.25, 0.3) is 5.69 Å². The summed E-state index contributed by atoms with van der Waals surface area (Å²) in [5.74, 6) is 1.29. The summed E-state index contributed by atoms with van der Waals surface area (Å²) in [5, 5.41) is 5.05. The largest absolute Gasteiger partial charge is 0.378 e. The van der Waals surface area contributed by atoms with Crippen LogP contribution in [0.15, 0.2) is 72.9 Å². The molecule has 4 atom stereocenters. The molecular weight excluding hydrogens is 572 g/mol. The Labute approximate surface area is 266 Å². The Kier molecular flexibility index (Phi) is 8.14. The van der Waals surface area contributed by atoms with Crippen molar-refractivity contribution in [3.63, 3.8) is 0 Å². The van der Waals surface area contributed by atoms with Crippen molar-refractivity contribution in [2.75, 3.05) is 41.9 Å². The van der Waals surface area contributed by atoms with Gasteiger partial charge in [0.2, 0.25) is 0 Å². The zero-order valence-electron chi connectivity index (χ0n) is 25.9. The van der Waals surface area contributed by atoms with Crippen molar-refractivity contribution < 1.29 is 0 Å². The average molecular weight is 613 g/mol. The highest BCUT2D eigenvalue weighted by Gasteiger charge is 2.42. The molecule has 2 aliphatic rings. The van der Waals surface area contributed by atoms with Gasteiger partial charge in [-0.1, -0.05) is 31.5 Å². The van der Waals surface area contributed by atoms with Crippen molar-refractivity contribution in [1.82, 2.24) is 14.9 Å². The van der Waals surface area contributed by atoms with Gasteiger partial charge in [0.25, 0.3) is 0 Å². The molecule has 224 valence electrons. The molecule has 4 heterocycles. The summed E-state index contributed by atoms with van der Waals surface area (Å²) in [7, 11) is 4.13. The summed E-state index contributed by atoms with van der Waals surface area (Å²) in [6.45, 7) is 11.1.